The molecule has 0 saturated carbocycles. The predicted molar refractivity (Wildman–Crippen MR) is 73.5 cm³/mol. The molecule has 0 aliphatic rings. The van der Waals surface area contributed by atoms with Gasteiger partial charge in [-0.25, -0.2) is 4.79 Å². The molecule has 5 nitrogen and oxygen atoms in total. The van der Waals surface area contributed by atoms with Crippen molar-refractivity contribution in [3.63, 3.8) is 0 Å². The van der Waals surface area contributed by atoms with Crippen LogP contribution in [0.3, 0.4) is 0 Å². The summed E-state index contributed by atoms with van der Waals surface area (Å²) in [6.07, 6.45) is 1.52. The SMILES string of the molecule is C=C(C)C(=O)OCCC[Si](CN(C)C)(OC)OC. The molecule has 0 fully saturated rings. The maximum atomic E-state index is 11.2. The highest BCUT2D eigenvalue weighted by atomic mass is 28.4. The van der Waals surface area contributed by atoms with Gasteiger partial charge in [-0.1, -0.05) is 6.58 Å². The lowest BCUT2D eigenvalue weighted by atomic mass is 10.4. The molecule has 6 heteroatoms. The van der Waals surface area contributed by atoms with Crippen molar-refractivity contribution in [2.24, 2.45) is 0 Å². The van der Waals surface area contributed by atoms with Gasteiger partial charge in [0, 0.05) is 26.0 Å². The van der Waals surface area contributed by atoms with Crippen molar-refractivity contribution in [1.29, 1.82) is 0 Å². The fraction of sp³-hybridized carbons (Fsp3) is 0.750. The molecule has 0 unspecified atom stereocenters. The van der Waals surface area contributed by atoms with E-state index in [0.717, 1.165) is 18.6 Å². The van der Waals surface area contributed by atoms with Crippen molar-refractivity contribution in [3.05, 3.63) is 12.2 Å². The van der Waals surface area contributed by atoms with Gasteiger partial charge in [0.1, 0.15) is 0 Å². The summed E-state index contributed by atoms with van der Waals surface area (Å²) in [7, 11) is 5.14. The first-order valence-electron chi connectivity index (χ1n) is 5.94. The van der Waals surface area contributed by atoms with Crippen molar-refractivity contribution in [2.75, 3.05) is 41.1 Å². The van der Waals surface area contributed by atoms with E-state index in [2.05, 4.69) is 11.5 Å². The van der Waals surface area contributed by atoms with Crippen LogP contribution in [0.15, 0.2) is 12.2 Å². The molecular weight excluding hydrogens is 250 g/mol. The molecule has 0 bridgehead atoms. The summed E-state index contributed by atoms with van der Waals surface area (Å²) in [6, 6.07) is 0.793. The van der Waals surface area contributed by atoms with Crippen LogP contribution in [-0.4, -0.2) is 60.5 Å². The molecule has 106 valence electrons. The van der Waals surface area contributed by atoms with Crippen LogP contribution in [0, 0.1) is 0 Å². The van der Waals surface area contributed by atoms with Crippen LogP contribution in [0.1, 0.15) is 13.3 Å². The lowest BCUT2D eigenvalue weighted by Gasteiger charge is -2.30. The van der Waals surface area contributed by atoms with Crippen LogP contribution >= 0.6 is 0 Å². The van der Waals surface area contributed by atoms with E-state index in [0.29, 0.717) is 12.2 Å². The van der Waals surface area contributed by atoms with E-state index in [4.69, 9.17) is 13.6 Å². The molecule has 0 N–H and O–H groups in total. The molecule has 0 saturated heterocycles. The third kappa shape index (κ3) is 6.30. The average molecular weight is 275 g/mol. The number of hydrogen-bond donors (Lipinski definition) is 0. The molecule has 0 aromatic heterocycles. The highest BCUT2D eigenvalue weighted by Gasteiger charge is 2.35. The molecule has 0 aliphatic carbocycles. The normalized spacial score (nSPS) is 11.7. The highest BCUT2D eigenvalue weighted by Crippen LogP contribution is 2.15. The second-order valence-corrected chi connectivity index (χ2v) is 8.03. The van der Waals surface area contributed by atoms with Gasteiger partial charge in [-0.15, -0.1) is 0 Å². The van der Waals surface area contributed by atoms with Crippen LogP contribution in [0.25, 0.3) is 0 Å². The first kappa shape index (κ1) is 17.3. The van der Waals surface area contributed by atoms with Gasteiger partial charge in [-0.05, 0) is 33.5 Å². The minimum absolute atomic E-state index is 0.343. The van der Waals surface area contributed by atoms with Gasteiger partial charge in [-0.2, -0.15) is 0 Å². The van der Waals surface area contributed by atoms with Gasteiger partial charge in [0.25, 0.3) is 0 Å². The van der Waals surface area contributed by atoms with E-state index >= 15 is 0 Å². The Bertz CT molecular complexity index is 277. The molecule has 18 heavy (non-hydrogen) atoms. The molecule has 0 rings (SSSR count). The summed E-state index contributed by atoms with van der Waals surface area (Å²) in [6.45, 7) is 5.54. The fourth-order valence-corrected chi connectivity index (χ4v) is 4.24. The number of nitrogens with zero attached hydrogens (tertiary/aromatic N) is 1. The summed E-state index contributed by atoms with van der Waals surface area (Å²) >= 11 is 0. The van der Waals surface area contributed by atoms with Gasteiger partial charge in [-0.3, -0.25) is 0 Å². The molecule has 0 aliphatic heterocycles. The second kappa shape index (κ2) is 8.42. The quantitative estimate of drug-likeness (QED) is 0.275. The second-order valence-electron chi connectivity index (χ2n) is 4.58. The molecular formula is C12H25NO4Si. The molecule has 0 aromatic carbocycles. The summed E-state index contributed by atoms with van der Waals surface area (Å²) in [5.41, 5.74) is 0.422. The van der Waals surface area contributed by atoms with E-state index < -0.39 is 8.56 Å². The Morgan fingerprint density at radius 2 is 1.83 bits per heavy atom. The number of esters is 1. The average Bonchev–Trinajstić information content (AvgIpc) is 2.32. The van der Waals surface area contributed by atoms with Gasteiger partial charge in [0.15, 0.2) is 0 Å². The maximum Gasteiger partial charge on any atom is 0.352 e. The van der Waals surface area contributed by atoms with Crippen LogP contribution in [0.2, 0.25) is 6.04 Å². The Morgan fingerprint density at radius 3 is 2.22 bits per heavy atom. The Kier molecular flexibility index (Phi) is 8.09. The largest absolute Gasteiger partial charge is 0.462 e. The number of ether oxygens (including phenoxy) is 1. The Hall–Kier alpha value is -0.693. The van der Waals surface area contributed by atoms with Gasteiger partial charge in [0.2, 0.25) is 0 Å². The van der Waals surface area contributed by atoms with E-state index in [1.54, 1.807) is 21.1 Å². The smallest absolute Gasteiger partial charge is 0.352 e. The molecule has 0 atom stereocenters. The summed E-state index contributed by atoms with van der Waals surface area (Å²) < 4.78 is 16.2. The lowest BCUT2D eigenvalue weighted by molar-refractivity contribution is -0.138. The first-order chi connectivity index (χ1) is 8.37. The van der Waals surface area contributed by atoms with Crippen LogP contribution in [0.4, 0.5) is 0 Å². The minimum Gasteiger partial charge on any atom is -0.462 e. The Morgan fingerprint density at radius 1 is 1.28 bits per heavy atom. The van der Waals surface area contributed by atoms with Crippen LogP contribution < -0.4 is 0 Å². The summed E-state index contributed by atoms with van der Waals surface area (Å²) in [5.74, 6) is -0.343. The predicted octanol–water partition coefficient (Wildman–Crippen LogP) is 1.33. The Labute approximate surface area is 111 Å². The zero-order chi connectivity index (χ0) is 14.2. The number of rotatable bonds is 9. The zero-order valence-corrected chi connectivity index (χ0v) is 13.1. The maximum absolute atomic E-state index is 11.2. The van der Waals surface area contributed by atoms with Crippen LogP contribution in [0.5, 0.6) is 0 Å². The van der Waals surface area contributed by atoms with Crippen molar-refractivity contribution in [2.45, 2.75) is 19.4 Å². The minimum atomic E-state index is -2.19. The number of carbonyl (C=O) groups is 1. The molecule has 0 amide bonds. The van der Waals surface area contributed by atoms with Gasteiger partial charge in [0.05, 0.1) is 6.61 Å². The van der Waals surface area contributed by atoms with Gasteiger partial charge < -0.3 is 18.5 Å². The van der Waals surface area contributed by atoms with Crippen molar-refractivity contribution >= 4 is 14.5 Å². The molecule has 0 spiro atoms. The summed E-state index contributed by atoms with van der Waals surface area (Å²) in [4.78, 5) is 13.3. The molecule has 0 heterocycles. The van der Waals surface area contributed by atoms with Crippen molar-refractivity contribution < 1.29 is 18.4 Å². The van der Waals surface area contributed by atoms with Gasteiger partial charge >= 0.3 is 14.5 Å². The van der Waals surface area contributed by atoms with Crippen LogP contribution in [-0.2, 0) is 18.4 Å². The third-order valence-corrected chi connectivity index (χ3v) is 6.30. The van der Waals surface area contributed by atoms with E-state index in [1.165, 1.54) is 0 Å². The van der Waals surface area contributed by atoms with Crippen molar-refractivity contribution in [1.82, 2.24) is 4.90 Å². The fourth-order valence-electron chi connectivity index (χ4n) is 1.61. The first-order valence-corrected chi connectivity index (χ1v) is 8.17. The van der Waals surface area contributed by atoms with E-state index in [-0.39, 0.29) is 5.97 Å². The topological polar surface area (TPSA) is 48.0 Å². The summed E-state index contributed by atoms with van der Waals surface area (Å²) in [5, 5.41) is 0. The monoisotopic (exact) mass is 275 g/mol. The number of carbonyl (C=O) groups excluding carboxylic acids is 1. The number of hydrogen-bond acceptors (Lipinski definition) is 5. The van der Waals surface area contributed by atoms with E-state index in [1.807, 2.05) is 14.1 Å². The Balaban J connectivity index is 4.12. The third-order valence-electron chi connectivity index (χ3n) is 2.58. The van der Waals surface area contributed by atoms with E-state index in [9.17, 15) is 4.79 Å². The standard InChI is InChI=1S/C12H25NO4Si/c1-11(2)12(14)17-8-7-9-18(15-5,16-6)10-13(3)4/h1,7-10H2,2-6H3. The zero-order valence-electron chi connectivity index (χ0n) is 12.1. The van der Waals surface area contributed by atoms with Crippen molar-refractivity contribution in [3.8, 4) is 0 Å². The molecule has 0 aromatic rings. The molecule has 0 radical (unpaired) electrons. The highest BCUT2D eigenvalue weighted by molar-refractivity contribution is 6.67. The lowest BCUT2D eigenvalue weighted by Crippen LogP contribution is -2.49.